The topological polar surface area (TPSA) is 58.4 Å². The van der Waals surface area contributed by atoms with E-state index in [1.807, 2.05) is 30.3 Å². The van der Waals surface area contributed by atoms with Crippen LogP contribution in [0.1, 0.15) is 35.7 Å². The number of halogens is 1. The number of piperidine rings is 1. The van der Waals surface area contributed by atoms with Gasteiger partial charge in [-0.25, -0.2) is 4.39 Å². The highest BCUT2D eigenvalue weighted by molar-refractivity contribution is 6.28. The summed E-state index contributed by atoms with van der Waals surface area (Å²) in [4.78, 5) is 15.9. The van der Waals surface area contributed by atoms with E-state index in [1.54, 1.807) is 12.1 Å². The fourth-order valence-corrected chi connectivity index (χ4v) is 4.98. The minimum absolute atomic E-state index is 0.0653. The molecule has 3 aromatic carbocycles. The number of hydrogen-bond acceptors (Lipinski definition) is 5. The predicted octanol–water partition coefficient (Wildman–Crippen LogP) is 6.16. The first-order valence-corrected chi connectivity index (χ1v) is 11.0. The van der Waals surface area contributed by atoms with Gasteiger partial charge < -0.3 is 14.7 Å². The maximum Gasteiger partial charge on any atom is 0.196 e. The van der Waals surface area contributed by atoms with Gasteiger partial charge in [0.15, 0.2) is 11.5 Å². The first kappa shape index (κ1) is 19.0. The number of fused-ring (bicyclic) bond motifs is 2. The van der Waals surface area contributed by atoms with Gasteiger partial charge in [-0.1, -0.05) is 36.3 Å². The molecule has 1 unspecified atom stereocenters. The van der Waals surface area contributed by atoms with Crippen molar-refractivity contribution in [2.75, 3.05) is 23.3 Å². The van der Waals surface area contributed by atoms with Crippen molar-refractivity contribution in [2.24, 2.45) is 5.92 Å². The highest BCUT2D eigenvalue weighted by Crippen LogP contribution is 2.46. The molecule has 1 aliphatic heterocycles. The van der Waals surface area contributed by atoms with Crippen molar-refractivity contribution in [3.05, 3.63) is 71.5 Å². The lowest BCUT2D eigenvalue weighted by Crippen LogP contribution is -2.34. The molecule has 1 N–H and O–H groups in total. The second-order valence-electron chi connectivity index (χ2n) is 8.75. The van der Waals surface area contributed by atoms with Crippen LogP contribution in [-0.4, -0.2) is 24.0 Å². The van der Waals surface area contributed by atoms with Crippen LogP contribution in [0, 0.1) is 11.7 Å². The van der Waals surface area contributed by atoms with Gasteiger partial charge in [0.25, 0.3) is 0 Å². The zero-order valence-electron chi connectivity index (χ0n) is 17.7. The van der Waals surface area contributed by atoms with Gasteiger partial charge in [-0.15, -0.1) is 0 Å². The lowest BCUT2D eigenvalue weighted by Gasteiger charge is -2.33. The van der Waals surface area contributed by atoms with E-state index in [4.69, 9.17) is 4.52 Å². The van der Waals surface area contributed by atoms with E-state index in [2.05, 4.69) is 22.3 Å². The van der Waals surface area contributed by atoms with Crippen LogP contribution in [0.5, 0.6) is 0 Å². The van der Waals surface area contributed by atoms with Crippen LogP contribution in [0.4, 0.5) is 21.5 Å². The van der Waals surface area contributed by atoms with Gasteiger partial charge in [0.05, 0.1) is 22.3 Å². The molecule has 0 bridgehead atoms. The van der Waals surface area contributed by atoms with Crippen molar-refractivity contribution < 1.29 is 13.7 Å². The Morgan fingerprint density at radius 3 is 2.69 bits per heavy atom. The number of carbonyl (C=O) groups excluding carboxylic acids is 1. The summed E-state index contributed by atoms with van der Waals surface area (Å²) in [6.45, 7) is 4.12. The first-order valence-electron chi connectivity index (χ1n) is 11.0. The van der Waals surface area contributed by atoms with Gasteiger partial charge in [0.2, 0.25) is 0 Å². The van der Waals surface area contributed by atoms with Crippen LogP contribution in [0.15, 0.2) is 59.1 Å². The molecule has 160 valence electrons. The molecule has 0 spiro atoms. The molecule has 1 aliphatic carbocycles. The molecule has 32 heavy (non-hydrogen) atoms. The number of carbonyl (C=O) groups is 1. The monoisotopic (exact) mass is 427 g/mol. The third kappa shape index (κ3) is 2.90. The summed E-state index contributed by atoms with van der Waals surface area (Å²) in [6.07, 6.45) is 2.31. The van der Waals surface area contributed by atoms with Crippen LogP contribution >= 0.6 is 0 Å². The van der Waals surface area contributed by atoms with Crippen molar-refractivity contribution in [2.45, 2.75) is 19.8 Å². The average Bonchev–Trinajstić information content (AvgIpc) is 3.24. The van der Waals surface area contributed by atoms with E-state index < -0.39 is 0 Å². The fraction of sp³-hybridized carbons (Fsp3) is 0.231. The second kappa shape index (κ2) is 7.19. The molecule has 2 heterocycles. The third-order valence-corrected chi connectivity index (χ3v) is 6.50. The van der Waals surface area contributed by atoms with Crippen molar-refractivity contribution >= 4 is 33.7 Å². The minimum atomic E-state index is -0.304. The number of nitrogens with one attached hydrogen (secondary N) is 1. The number of nitrogens with zero attached hydrogens (tertiary/aromatic N) is 2. The van der Waals surface area contributed by atoms with Crippen molar-refractivity contribution in [3.63, 3.8) is 0 Å². The van der Waals surface area contributed by atoms with E-state index in [0.29, 0.717) is 34.2 Å². The van der Waals surface area contributed by atoms with Crippen LogP contribution in [0.3, 0.4) is 0 Å². The smallest absolute Gasteiger partial charge is 0.196 e. The summed E-state index contributed by atoms with van der Waals surface area (Å²) in [5.41, 5.74) is 4.99. The Labute approximate surface area is 184 Å². The van der Waals surface area contributed by atoms with Gasteiger partial charge in [0, 0.05) is 29.9 Å². The SMILES string of the molecule is CC1CCCN(c2cc(Nc3ccc(F)cc3)c3c4c(onc24)-c2ccccc2C3=O)C1. The van der Waals surface area contributed by atoms with Crippen LogP contribution in [0.25, 0.3) is 22.2 Å². The Morgan fingerprint density at radius 1 is 1.12 bits per heavy atom. The molecule has 1 fully saturated rings. The minimum Gasteiger partial charge on any atom is -0.369 e. The van der Waals surface area contributed by atoms with Gasteiger partial charge >= 0.3 is 0 Å². The Morgan fingerprint density at radius 2 is 1.91 bits per heavy atom. The molecule has 0 radical (unpaired) electrons. The molecule has 0 saturated carbocycles. The Bertz CT molecular complexity index is 1360. The Balaban J connectivity index is 1.60. The summed E-state index contributed by atoms with van der Waals surface area (Å²) in [6, 6.07) is 15.6. The maximum absolute atomic E-state index is 13.6. The van der Waals surface area contributed by atoms with Crippen molar-refractivity contribution in [1.82, 2.24) is 5.16 Å². The number of benzene rings is 3. The lowest BCUT2D eigenvalue weighted by molar-refractivity contribution is 0.104. The molecule has 2 aliphatic rings. The fourth-order valence-electron chi connectivity index (χ4n) is 4.98. The standard InChI is InChI=1S/C26H22FN3O2/c1-15-5-4-12-30(14-15)21-13-20(28-17-10-8-16(27)9-11-17)22-23-24(21)29-32-26(23)19-7-3-2-6-18(19)25(22)31/h2-3,6-11,13,15,28H,4-5,12,14H2,1H3. The van der Waals surface area contributed by atoms with Crippen LogP contribution in [-0.2, 0) is 0 Å². The van der Waals surface area contributed by atoms with E-state index >= 15 is 0 Å². The number of anilines is 3. The second-order valence-corrected chi connectivity index (χ2v) is 8.75. The molecule has 4 aromatic rings. The highest BCUT2D eigenvalue weighted by Gasteiger charge is 2.34. The highest BCUT2D eigenvalue weighted by atomic mass is 19.1. The molecule has 1 atom stereocenters. The third-order valence-electron chi connectivity index (χ3n) is 6.50. The lowest BCUT2D eigenvalue weighted by atomic mass is 9.86. The molecule has 1 aromatic heterocycles. The normalized spacial score (nSPS) is 17.5. The quantitative estimate of drug-likeness (QED) is 0.374. The molecular formula is C26H22FN3O2. The van der Waals surface area contributed by atoms with Gasteiger partial charge in [-0.2, -0.15) is 0 Å². The van der Waals surface area contributed by atoms with Crippen LogP contribution < -0.4 is 10.2 Å². The first-order chi connectivity index (χ1) is 15.6. The van der Waals surface area contributed by atoms with Crippen LogP contribution in [0.2, 0.25) is 0 Å². The average molecular weight is 427 g/mol. The number of ketones is 1. The Hall–Kier alpha value is -3.67. The van der Waals surface area contributed by atoms with E-state index in [9.17, 15) is 9.18 Å². The zero-order chi connectivity index (χ0) is 21.8. The van der Waals surface area contributed by atoms with Crippen molar-refractivity contribution in [3.8, 4) is 11.3 Å². The summed E-state index contributed by atoms with van der Waals surface area (Å²) < 4.78 is 19.3. The van der Waals surface area contributed by atoms with Crippen molar-refractivity contribution in [1.29, 1.82) is 0 Å². The van der Waals surface area contributed by atoms with E-state index in [0.717, 1.165) is 41.7 Å². The predicted molar refractivity (Wildman–Crippen MR) is 123 cm³/mol. The van der Waals surface area contributed by atoms with Gasteiger partial charge in [-0.3, -0.25) is 4.79 Å². The number of hydrogen-bond donors (Lipinski definition) is 1. The number of rotatable bonds is 3. The molecule has 1 saturated heterocycles. The summed E-state index contributed by atoms with van der Waals surface area (Å²) in [7, 11) is 0. The molecular weight excluding hydrogens is 405 g/mol. The molecule has 6 rings (SSSR count). The molecule has 5 nitrogen and oxygen atoms in total. The summed E-state index contributed by atoms with van der Waals surface area (Å²) in [5, 5.41) is 8.54. The zero-order valence-corrected chi connectivity index (χ0v) is 17.7. The van der Waals surface area contributed by atoms with Gasteiger partial charge in [-0.05, 0) is 49.1 Å². The molecule has 6 heteroatoms. The summed E-state index contributed by atoms with van der Waals surface area (Å²) in [5.74, 6) is 0.832. The van der Waals surface area contributed by atoms with E-state index in [1.165, 1.54) is 18.6 Å². The molecule has 0 amide bonds. The van der Waals surface area contributed by atoms with Gasteiger partial charge in [0.1, 0.15) is 11.3 Å². The number of aromatic nitrogens is 1. The summed E-state index contributed by atoms with van der Waals surface area (Å²) >= 11 is 0. The maximum atomic E-state index is 13.6. The largest absolute Gasteiger partial charge is 0.369 e. The Kier molecular flexibility index (Phi) is 4.28. The van der Waals surface area contributed by atoms with E-state index in [-0.39, 0.29) is 11.6 Å².